The molecule has 0 amide bonds. The van der Waals surface area contributed by atoms with Gasteiger partial charge in [-0.25, -0.2) is 4.98 Å². The second-order valence-electron chi connectivity index (χ2n) is 4.68. The number of hydrogen-bond acceptors (Lipinski definition) is 3. The van der Waals surface area contributed by atoms with Crippen LogP contribution in [0.4, 0.5) is 0 Å². The Bertz CT molecular complexity index is 656. The van der Waals surface area contributed by atoms with Crippen LogP contribution in [0, 0.1) is 13.8 Å². The van der Waals surface area contributed by atoms with Crippen LogP contribution in [0.5, 0.6) is 5.75 Å². The first-order chi connectivity index (χ1) is 9.19. The molecule has 0 radical (unpaired) electrons. The third-order valence-corrected chi connectivity index (χ3v) is 3.36. The number of hydrogen-bond donors (Lipinski definition) is 0. The van der Waals surface area contributed by atoms with E-state index in [4.69, 9.17) is 9.47 Å². The lowest BCUT2D eigenvalue weighted by Crippen LogP contribution is -2.13. The summed E-state index contributed by atoms with van der Waals surface area (Å²) in [7, 11) is 1.62. The highest BCUT2D eigenvalue weighted by molar-refractivity contribution is 5.55. The molecule has 0 fully saturated rings. The number of fused-ring (bicyclic) bond motifs is 3. The van der Waals surface area contributed by atoms with Crippen LogP contribution >= 0.6 is 0 Å². The Morgan fingerprint density at radius 3 is 2.89 bits per heavy atom. The summed E-state index contributed by atoms with van der Waals surface area (Å²) in [4.78, 5) is 4.51. The molecule has 0 spiro atoms. The number of aryl methyl sites for hydroxylation is 2. The van der Waals surface area contributed by atoms with Crippen molar-refractivity contribution in [3.8, 4) is 11.4 Å². The van der Waals surface area contributed by atoms with Crippen LogP contribution in [0.3, 0.4) is 0 Å². The van der Waals surface area contributed by atoms with Crippen LogP contribution in [0.25, 0.3) is 11.8 Å². The second-order valence-corrected chi connectivity index (χ2v) is 4.68. The topological polar surface area (TPSA) is 36.3 Å². The number of benzene rings is 1. The van der Waals surface area contributed by atoms with Crippen molar-refractivity contribution in [3.63, 3.8) is 0 Å². The molecule has 0 N–H and O–H groups in total. The quantitative estimate of drug-likeness (QED) is 0.775. The van der Waals surface area contributed by atoms with E-state index in [0.29, 0.717) is 6.61 Å². The van der Waals surface area contributed by atoms with Crippen molar-refractivity contribution in [1.82, 2.24) is 9.55 Å². The summed E-state index contributed by atoms with van der Waals surface area (Å²) in [5, 5.41) is 0. The van der Waals surface area contributed by atoms with Crippen LogP contribution in [0.2, 0.25) is 0 Å². The van der Waals surface area contributed by atoms with E-state index >= 15 is 0 Å². The first-order valence-electron chi connectivity index (χ1n) is 6.21. The average Bonchev–Trinajstić information content (AvgIpc) is 2.81. The van der Waals surface area contributed by atoms with Gasteiger partial charge in [0, 0.05) is 6.20 Å². The first kappa shape index (κ1) is 11.8. The Labute approximate surface area is 112 Å². The van der Waals surface area contributed by atoms with Crippen molar-refractivity contribution >= 4 is 6.08 Å². The number of methoxy groups -OCH3 is 1. The Hall–Kier alpha value is -2.23. The van der Waals surface area contributed by atoms with E-state index in [1.54, 1.807) is 13.4 Å². The fourth-order valence-electron chi connectivity index (χ4n) is 2.19. The number of aromatic nitrogens is 2. The molecule has 1 aliphatic heterocycles. The van der Waals surface area contributed by atoms with E-state index in [-0.39, 0.29) is 0 Å². The lowest BCUT2D eigenvalue weighted by Gasteiger charge is -2.20. The summed E-state index contributed by atoms with van der Waals surface area (Å²) in [6.07, 6.45) is 5.46. The normalized spacial score (nSPS) is 13.0. The highest BCUT2D eigenvalue weighted by Crippen LogP contribution is 2.32. The van der Waals surface area contributed by atoms with Crippen molar-refractivity contribution in [3.05, 3.63) is 47.2 Å². The molecule has 1 aromatic heterocycles. The predicted molar refractivity (Wildman–Crippen MR) is 73.4 cm³/mol. The number of rotatable bonds is 2. The third kappa shape index (κ3) is 1.99. The Balaban J connectivity index is 2.10. The third-order valence-electron chi connectivity index (χ3n) is 3.36. The molecule has 4 heteroatoms. The van der Waals surface area contributed by atoms with E-state index in [1.807, 2.05) is 12.3 Å². The molecule has 98 valence electrons. The Morgan fingerprint density at radius 1 is 1.32 bits per heavy atom. The summed E-state index contributed by atoms with van der Waals surface area (Å²) in [6, 6.07) is 4.22. The molecule has 2 heterocycles. The van der Waals surface area contributed by atoms with Gasteiger partial charge in [-0.05, 0) is 43.2 Å². The maximum Gasteiger partial charge on any atom is 0.152 e. The van der Waals surface area contributed by atoms with E-state index in [2.05, 4.69) is 35.5 Å². The largest absolute Gasteiger partial charge is 0.504 e. The van der Waals surface area contributed by atoms with Gasteiger partial charge in [0.05, 0.1) is 24.8 Å². The van der Waals surface area contributed by atoms with Crippen molar-refractivity contribution in [1.29, 1.82) is 0 Å². The standard InChI is InChI=1S/C15H16N2O2/c1-10-6-13-14(7-11(10)2)19-9-15-16-12(4-5-18-3)8-17(13)15/h4-8H,9H2,1-3H3/b5-4+. The van der Waals surface area contributed by atoms with Crippen LogP contribution in [-0.4, -0.2) is 16.7 Å². The summed E-state index contributed by atoms with van der Waals surface area (Å²) < 4.78 is 12.8. The summed E-state index contributed by atoms with van der Waals surface area (Å²) >= 11 is 0. The van der Waals surface area contributed by atoms with Crippen molar-refractivity contribution in [2.45, 2.75) is 20.5 Å². The van der Waals surface area contributed by atoms with Gasteiger partial charge in [0.25, 0.3) is 0 Å². The van der Waals surface area contributed by atoms with Gasteiger partial charge in [0.2, 0.25) is 0 Å². The van der Waals surface area contributed by atoms with E-state index in [9.17, 15) is 0 Å². The van der Waals surface area contributed by atoms with E-state index in [0.717, 1.165) is 23.0 Å². The molecule has 0 atom stereocenters. The van der Waals surface area contributed by atoms with Gasteiger partial charge >= 0.3 is 0 Å². The zero-order valence-electron chi connectivity index (χ0n) is 11.3. The van der Waals surface area contributed by atoms with Gasteiger partial charge in [-0.3, -0.25) is 4.57 Å². The van der Waals surface area contributed by atoms with Crippen molar-refractivity contribution in [2.75, 3.05) is 7.11 Å². The van der Waals surface area contributed by atoms with Gasteiger partial charge in [-0.2, -0.15) is 0 Å². The Kier molecular flexibility index (Phi) is 2.78. The van der Waals surface area contributed by atoms with Crippen LogP contribution in [0.15, 0.2) is 24.6 Å². The molecule has 0 saturated carbocycles. The second kappa shape index (κ2) is 4.46. The highest BCUT2D eigenvalue weighted by atomic mass is 16.5. The fraction of sp³-hybridized carbons (Fsp3) is 0.267. The highest BCUT2D eigenvalue weighted by Gasteiger charge is 2.19. The molecule has 2 aromatic rings. The number of imidazole rings is 1. The minimum Gasteiger partial charge on any atom is -0.504 e. The molecule has 0 bridgehead atoms. The molecule has 4 nitrogen and oxygen atoms in total. The Morgan fingerprint density at radius 2 is 2.11 bits per heavy atom. The minimum atomic E-state index is 0.496. The molecule has 0 unspecified atom stereocenters. The number of ether oxygens (including phenoxy) is 2. The molecular formula is C15H16N2O2. The van der Waals surface area contributed by atoms with Crippen molar-refractivity contribution in [2.24, 2.45) is 0 Å². The van der Waals surface area contributed by atoms with E-state index < -0.39 is 0 Å². The summed E-state index contributed by atoms with van der Waals surface area (Å²) in [5.74, 6) is 1.82. The molecule has 0 aliphatic carbocycles. The maximum atomic E-state index is 5.76. The molecular weight excluding hydrogens is 240 g/mol. The first-order valence-corrected chi connectivity index (χ1v) is 6.21. The monoisotopic (exact) mass is 256 g/mol. The molecule has 19 heavy (non-hydrogen) atoms. The van der Waals surface area contributed by atoms with Gasteiger partial charge in [0.15, 0.2) is 5.82 Å². The maximum absolute atomic E-state index is 5.76. The van der Waals surface area contributed by atoms with Crippen LogP contribution in [-0.2, 0) is 11.3 Å². The lowest BCUT2D eigenvalue weighted by atomic mass is 10.1. The predicted octanol–water partition coefficient (Wildman–Crippen LogP) is 3.00. The molecule has 0 saturated heterocycles. The number of nitrogens with zero attached hydrogens (tertiary/aromatic N) is 2. The minimum absolute atomic E-state index is 0.496. The van der Waals surface area contributed by atoms with E-state index in [1.165, 1.54) is 11.1 Å². The average molecular weight is 256 g/mol. The summed E-state index contributed by atoms with van der Waals surface area (Å²) in [5.41, 5.74) is 4.40. The van der Waals surface area contributed by atoms with Crippen molar-refractivity contribution < 1.29 is 9.47 Å². The van der Waals surface area contributed by atoms with Gasteiger partial charge < -0.3 is 9.47 Å². The molecule has 3 rings (SSSR count). The van der Waals surface area contributed by atoms with Gasteiger partial charge in [-0.15, -0.1) is 0 Å². The SMILES string of the molecule is CO/C=C/c1cn2c(n1)COc1cc(C)c(C)cc1-2. The zero-order chi connectivity index (χ0) is 13.4. The van der Waals surface area contributed by atoms with Gasteiger partial charge in [-0.1, -0.05) is 0 Å². The lowest BCUT2D eigenvalue weighted by molar-refractivity contribution is 0.279. The van der Waals surface area contributed by atoms with Gasteiger partial charge in [0.1, 0.15) is 12.4 Å². The molecule has 1 aliphatic rings. The fourth-order valence-corrected chi connectivity index (χ4v) is 2.19. The smallest absolute Gasteiger partial charge is 0.152 e. The summed E-state index contributed by atoms with van der Waals surface area (Å²) in [6.45, 7) is 4.69. The van der Waals surface area contributed by atoms with Crippen LogP contribution < -0.4 is 4.74 Å². The molecule has 1 aromatic carbocycles. The van der Waals surface area contributed by atoms with Crippen LogP contribution in [0.1, 0.15) is 22.6 Å². The zero-order valence-corrected chi connectivity index (χ0v) is 11.3.